The van der Waals surface area contributed by atoms with Crippen molar-refractivity contribution in [2.75, 3.05) is 0 Å². The highest BCUT2D eigenvalue weighted by molar-refractivity contribution is 7.14. The highest BCUT2D eigenvalue weighted by atomic mass is 32.1. The number of rotatable bonds is 3. The zero-order valence-electron chi connectivity index (χ0n) is 11.2. The second-order valence-electron chi connectivity index (χ2n) is 4.85. The van der Waals surface area contributed by atoms with Gasteiger partial charge in [-0.2, -0.15) is 5.10 Å². The van der Waals surface area contributed by atoms with Crippen molar-refractivity contribution in [3.8, 4) is 11.5 Å². The largest absolute Gasteiger partial charge is 0.508 e. The van der Waals surface area contributed by atoms with Gasteiger partial charge in [-0.1, -0.05) is 0 Å². The minimum absolute atomic E-state index is 0.0261. The molecule has 3 N–H and O–H groups in total. The lowest BCUT2D eigenvalue weighted by Crippen LogP contribution is -2.16. The molecule has 6 heteroatoms. The van der Waals surface area contributed by atoms with Crippen LogP contribution in [0.15, 0.2) is 29.4 Å². The van der Waals surface area contributed by atoms with Crippen LogP contribution in [0.4, 0.5) is 0 Å². The van der Waals surface area contributed by atoms with E-state index in [4.69, 9.17) is 0 Å². The maximum Gasteiger partial charge on any atom is 0.281 e. The normalized spacial score (nSPS) is 13.5. The quantitative estimate of drug-likeness (QED) is 0.601. The molecule has 1 aliphatic rings. The summed E-state index contributed by atoms with van der Waals surface area (Å²) in [6.07, 6.45) is 4.61. The van der Waals surface area contributed by atoms with Gasteiger partial charge < -0.3 is 10.2 Å². The van der Waals surface area contributed by atoms with Gasteiger partial charge in [0.05, 0.1) is 11.1 Å². The predicted octanol–water partition coefficient (Wildman–Crippen LogP) is 2.41. The minimum atomic E-state index is -0.246. The number of nitrogens with zero attached hydrogens (tertiary/aromatic N) is 1. The second-order valence-corrected chi connectivity index (χ2v) is 5.99. The topological polar surface area (TPSA) is 81.9 Å². The molecule has 1 aromatic heterocycles. The lowest BCUT2D eigenvalue weighted by Gasteiger charge is -1.99. The monoisotopic (exact) mass is 302 g/mol. The third kappa shape index (κ3) is 2.90. The number of thiophene rings is 1. The van der Waals surface area contributed by atoms with Crippen LogP contribution >= 0.6 is 11.3 Å². The van der Waals surface area contributed by atoms with Gasteiger partial charge in [0.15, 0.2) is 0 Å². The van der Waals surface area contributed by atoms with E-state index in [0.717, 1.165) is 12.8 Å². The first kappa shape index (κ1) is 13.6. The molecular formula is C15H14N2O3S. The first-order chi connectivity index (χ1) is 10.1. The summed E-state index contributed by atoms with van der Waals surface area (Å²) in [4.78, 5) is 13.9. The van der Waals surface area contributed by atoms with Gasteiger partial charge in [-0.05, 0) is 43.0 Å². The maximum absolute atomic E-state index is 12.0. The van der Waals surface area contributed by atoms with Crippen LogP contribution in [-0.4, -0.2) is 22.3 Å². The van der Waals surface area contributed by atoms with Crippen molar-refractivity contribution in [3.63, 3.8) is 0 Å². The van der Waals surface area contributed by atoms with Crippen LogP contribution < -0.4 is 5.43 Å². The summed E-state index contributed by atoms with van der Waals surface area (Å²) >= 11 is 1.51. The van der Waals surface area contributed by atoms with E-state index >= 15 is 0 Å². The van der Waals surface area contributed by atoms with E-state index in [0.29, 0.717) is 10.4 Å². The number of aromatic hydroxyl groups is 2. The van der Waals surface area contributed by atoms with Crippen molar-refractivity contribution in [1.82, 2.24) is 5.43 Å². The van der Waals surface area contributed by atoms with E-state index in [1.807, 2.05) is 6.07 Å². The summed E-state index contributed by atoms with van der Waals surface area (Å²) in [5, 5.41) is 22.6. The molecule has 0 fully saturated rings. The third-order valence-electron chi connectivity index (χ3n) is 3.35. The van der Waals surface area contributed by atoms with Crippen LogP contribution in [0.2, 0.25) is 0 Å². The number of hydrazone groups is 1. The lowest BCUT2D eigenvalue weighted by atomic mass is 10.2. The zero-order chi connectivity index (χ0) is 14.8. The van der Waals surface area contributed by atoms with Crippen molar-refractivity contribution in [3.05, 3.63) is 45.1 Å². The zero-order valence-corrected chi connectivity index (χ0v) is 12.0. The number of benzene rings is 1. The van der Waals surface area contributed by atoms with Crippen LogP contribution in [0.3, 0.4) is 0 Å². The summed E-state index contributed by atoms with van der Waals surface area (Å²) < 4.78 is 0. The van der Waals surface area contributed by atoms with Crippen molar-refractivity contribution in [1.29, 1.82) is 0 Å². The Labute approximate surface area is 125 Å². The molecule has 0 bridgehead atoms. The smallest absolute Gasteiger partial charge is 0.281 e. The van der Waals surface area contributed by atoms with E-state index < -0.39 is 0 Å². The molecule has 0 saturated heterocycles. The third-order valence-corrected chi connectivity index (χ3v) is 4.59. The van der Waals surface area contributed by atoms with Gasteiger partial charge in [0.1, 0.15) is 11.5 Å². The Kier molecular flexibility index (Phi) is 3.62. The number of phenolic OH excluding ortho intramolecular Hbond substituents is 2. The average molecular weight is 302 g/mol. The Morgan fingerprint density at radius 2 is 2.14 bits per heavy atom. The number of aryl methyl sites for hydroxylation is 2. The first-order valence-electron chi connectivity index (χ1n) is 6.60. The molecule has 0 saturated carbocycles. The highest BCUT2D eigenvalue weighted by Gasteiger charge is 2.18. The van der Waals surface area contributed by atoms with Crippen molar-refractivity contribution < 1.29 is 15.0 Å². The molecule has 1 heterocycles. The molecule has 2 aromatic rings. The van der Waals surface area contributed by atoms with Gasteiger partial charge >= 0.3 is 0 Å². The van der Waals surface area contributed by atoms with Gasteiger partial charge in [-0.25, -0.2) is 5.43 Å². The van der Waals surface area contributed by atoms with Crippen LogP contribution in [0.1, 0.15) is 32.1 Å². The molecule has 0 atom stereocenters. The van der Waals surface area contributed by atoms with E-state index in [-0.39, 0.29) is 17.4 Å². The molecule has 0 unspecified atom stereocenters. The number of nitrogens with one attached hydrogen (secondary N) is 1. The van der Waals surface area contributed by atoms with Gasteiger partial charge in [0, 0.05) is 16.5 Å². The molecule has 108 valence electrons. The first-order valence-corrected chi connectivity index (χ1v) is 7.42. The molecule has 0 radical (unpaired) electrons. The summed E-state index contributed by atoms with van der Waals surface area (Å²) in [6, 6.07) is 6.09. The fourth-order valence-corrected chi connectivity index (χ4v) is 3.44. The Bertz CT molecular complexity index is 700. The second kappa shape index (κ2) is 5.57. The standard InChI is InChI=1S/C15H14N2O3S/c18-11-5-4-10(12(19)7-11)8-16-17-15(20)14-6-9-2-1-3-13(9)21-14/h4-8,18-19H,1-3H2,(H,17,20)/b16-8+. The van der Waals surface area contributed by atoms with E-state index in [1.54, 1.807) is 0 Å². The van der Waals surface area contributed by atoms with Crippen LogP contribution in [0, 0.1) is 0 Å². The average Bonchev–Trinajstić information content (AvgIpc) is 3.02. The summed E-state index contributed by atoms with van der Waals surface area (Å²) in [5.74, 6) is -0.367. The van der Waals surface area contributed by atoms with Crippen molar-refractivity contribution in [2.24, 2.45) is 5.10 Å². The maximum atomic E-state index is 12.0. The molecule has 0 aliphatic heterocycles. The number of carbonyl (C=O) groups excluding carboxylic acids is 1. The minimum Gasteiger partial charge on any atom is -0.508 e. The van der Waals surface area contributed by atoms with Crippen molar-refractivity contribution in [2.45, 2.75) is 19.3 Å². The molecule has 1 amide bonds. The Morgan fingerprint density at radius 1 is 1.29 bits per heavy atom. The number of hydrogen-bond acceptors (Lipinski definition) is 5. The number of amides is 1. The fourth-order valence-electron chi connectivity index (χ4n) is 2.30. The van der Waals surface area contributed by atoms with Crippen LogP contribution in [0.25, 0.3) is 0 Å². The lowest BCUT2D eigenvalue weighted by molar-refractivity contribution is 0.0959. The molecule has 5 nitrogen and oxygen atoms in total. The molecular weight excluding hydrogens is 288 g/mol. The summed E-state index contributed by atoms with van der Waals surface area (Å²) in [6.45, 7) is 0. The van der Waals surface area contributed by atoms with Crippen molar-refractivity contribution >= 4 is 23.5 Å². The van der Waals surface area contributed by atoms with Crippen LogP contribution in [0.5, 0.6) is 11.5 Å². The molecule has 1 aromatic carbocycles. The Hall–Kier alpha value is -2.34. The van der Waals surface area contributed by atoms with Gasteiger partial charge in [0.25, 0.3) is 5.91 Å². The van der Waals surface area contributed by atoms with Gasteiger partial charge in [-0.15, -0.1) is 11.3 Å². The fraction of sp³-hybridized carbons (Fsp3) is 0.200. The van der Waals surface area contributed by atoms with E-state index in [1.165, 1.54) is 52.6 Å². The number of hydrogen-bond donors (Lipinski definition) is 3. The number of carbonyl (C=O) groups is 1. The SMILES string of the molecule is O=C(N/N=C/c1ccc(O)cc1O)c1cc2c(s1)CCC2. The summed E-state index contributed by atoms with van der Waals surface area (Å²) in [7, 11) is 0. The van der Waals surface area contributed by atoms with Crippen LogP contribution in [-0.2, 0) is 12.8 Å². The number of phenols is 2. The summed E-state index contributed by atoms with van der Waals surface area (Å²) in [5.41, 5.74) is 4.13. The van der Waals surface area contributed by atoms with Gasteiger partial charge in [-0.3, -0.25) is 4.79 Å². The van der Waals surface area contributed by atoms with E-state index in [2.05, 4.69) is 10.5 Å². The molecule has 21 heavy (non-hydrogen) atoms. The molecule has 3 rings (SSSR count). The number of fused-ring (bicyclic) bond motifs is 1. The Morgan fingerprint density at radius 3 is 2.90 bits per heavy atom. The Balaban J connectivity index is 1.66. The highest BCUT2D eigenvalue weighted by Crippen LogP contribution is 2.30. The van der Waals surface area contributed by atoms with Gasteiger partial charge in [0.2, 0.25) is 0 Å². The molecule has 1 aliphatic carbocycles. The van der Waals surface area contributed by atoms with E-state index in [9.17, 15) is 15.0 Å². The molecule has 0 spiro atoms. The predicted molar refractivity (Wildman–Crippen MR) is 81.2 cm³/mol.